The molecule has 0 aliphatic rings. The lowest BCUT2D eigenvalue weighted by Crippen LogP contribution is -2.34. The summed E-state index contributed by atoms with van der Waals surface area (Å²) in [5.74, 6) is -0.772. The Labute approximate surface area is 122 Å². The first kappa shape index (κ1) is 15.8. The average Bonchev–Trinajstić information content (AvgIpc) is 2.33. The number of carbonyl (C=O) groups excluding carboxylic acids is 2. The second-order valence-electron chi connectivity index (χ2n) is 4.20. The number of para-hydroxylation sites is 1. The monoisotopic (exact) mass is 302 g/mol. The first-order valence-electron chi connectivity index (χ1n) is 5.97. The van der Waals surface area contributed by atoms with Crippen molar-refractivity contribution in [3.63, 3.8) is 0 Å². The molecule has 19 heavy (non-hydrogen) atoms. The summed E-state index contributed by atoms with van der Waals surface area (Å²) in [5, 5.41) is 5.92. The van der Waals surface area contributed by atoms with Crippen molar-refractivity contribution in [3.8, 4) is 0 Å². The molecule has 4 nitrogen and oxygen atoms in total. The van der Waals surface area contributed by atoms with Crippen molar-refractivity contribution in [2.24, 2.45) is 0 Å². The predicted octanol–water partition coefficient (Wildman–Crippen LogP) is 3.24. The summed E-state index contributed by atoms with van der Waals surface area (Å²) in [6.07, 6.45) is 0.551. The minimum Gasteiger partial charge on any atom is -0.353 e. The van der Waals surface area contributed by atoms with Crippen LogP contribution in [0.25, 0.3) is 0 Å². The molecule has 1 aromatic carbocycles. The van der Waals surface area contributed by atoms with Crippen molar-refractivity contribution < 1.29 is 9.59 Å². The van der Waals surface area contributed by atoms with Crippen LogP contribution in [0.4, 0.5) is 5.69 Å². The first-order valence-corrected chi connectivity index (χ1v) is 6.72. The zero-order valence-electron chi connectivity index (χ0n) is 10.8. The summed E-state index contributed by atoms with van der Waals surface area (Å²) in [7, 11) is 0. The van der Waals surface area contributed by atoms with E-state index in [9.17, 15) is 9.59 Å². The van der Waals surface area contributed by atoms with Gasteiger partial charge < -0.3 is 10.6 Å². The number of benzene rings is 1. The van der Waals surface area contributed by atoms with Crippen LogP contribution in [0.2, 0.25) is 10.0 Å². The Morgan fingerprint density at radius 1 is 1.21 bits per heavy atom. The Morgan fingerprint density at radius 3 is 2.32 bits per heavy atom. The number of halogens is 2. The van der Waals surface area contributed by atoms with Gasteiger partial charge in [0.25, 0.3) is 0 Å². The summed E-state index contributed by atoms with van der Waals surface area (Å²) in [4.78, 5) is 23.3. The molecule has 2 N–H and O–H groups in total. The van der Waals surface area contributed by atoms with Crippen LogP contribution in [-0.2, 0) is 9.59 Å². The molecule has 0 saturated carbocycles. The second kappa shape index (κ2) is 7.36. The van der Waals surface area contributed by atoms with Crippen LogP contribution in [-0.4, -0.2) is 17.9 Å². The minimum absolute atomic E-state index is 0.0456. The minimum atomic E-state index is -0.448. The van der Waals surface area contributed by atoms with Gasteiger partial charge in [-0.05, 0) is 25.5 Å². The molecule has 0 bridgehead atoms. The molecule has 0 saturated heterocycles. The van der Waals surface area contributed by atoms with Gasteiger partial charge in [-0.15, -0.1) is 0 Å². The van der Waals surface area contributed by atoms with Crippen molar-refractivity contribution in [3.05, 3.63) is 28.2 Å². The Hall–Kier alpha value is -1.26. The number of hydrogen-bond acceptors (Lipinski definition) is 2. The van der Waals surface area contributed by atoms with Crippen LogP contribution in [0.3, 0.4) is 0 Å². The molecular weight excluding hydrogens is 287 g/mol. The van der Waals surface area contributed by atoms with Crippen molar-refractivity contribution in [1.29, 1.82) is 0 Å². The topological polar surface area (TPSA) is 58.2 Å². The molecule has 0 heterocycles. The van der Waals surface area contributed by atoms with Crippen molar-refractivity contribution in [2.75, 3.05) is 5.32 Å². The molecule has 1 atom stereocenters. The highest BCUT2D eigenvalue weighted by Gasteiger charge is 2.14. The lowest BCUT2D eigenvalue weighted by Gasteiger charge is -2.12. The van der Waals surface area contributed by atoms with E-state index in [-0.39, 0.29) is 18.4 Å². The molecule has 0 spiro atoms. The van der Waals surface area contributed by atoms with Crippen LogP contribution < -0.4 is 10.6 Å². The molecule has 0 aliphatic heterocycles. The van der Waals surface area contributed by atoms with Crippen molar-refractivity contribution >= 4 is 40.7 Å². The third-order valence-corrected chi connectivity index (χ3v) is 3.20. The fourth-order valence-electron chi connectivity index (χ4n) is 1.37. The van der Waals surface area contributed by atoms with E-state index in [4.69, 9.17) is 23.2 Å². The van der Waals surface area contributed by atoms with E-state index in [0.717, 1.165) is 6.42 Å². The summed E-state index contributed by atoms with van der Waals surface area (Å²) >= 11 is 11.8. The fourth-order valence-corrected chi connectivity index (χ4v) is 1.87. The summed E-state index contributed by atoms with van der Waals surface area (Å²) in [6, 6.07) is 4.95. The Kier molecular flexibility index (Phi) is 6.12. The third-order valence-electron chi connectivity index (χ3n) is 2.57. The van der Waals surface area contributed by atoms with E-state index in [1.54, 1.807) is 18.2 Å². The molecule has 0 radical (unpaired) electrons. The standard InChI is InChI=1S/C13H16Cl2N2O2/c1-3-8(2)16-11(18)7-12(19)17-13-9(14)5-4-6-10(13)15/h4-6,8H,3,7H2,1-2H3,(H,16,18)(H,17,19). The molecule has 6 heteroatoms. The lowest BCUT2D eigenvalue weighted by atomic mass is 10.2. The zero-order valence-corrected chi connectivity index (χ0v) is 12.3. The van der Waals surface area contributed by atoms with Crippen LogP contribution >= 0.6 is 23.2 Å². The molecule has 1 unspecified atom stereocenters. The third kappa shape index (κ3) is 5.09. The highest BCUT2D eigenvalue weighted by Crippen LogP contribution is 2.29. The van der Waals surface area contributed by atoms with Crippen LogP contribution in [0.1, 0.15) is 26.7 Å². The Balaban J connectivity index is 2.58. The lowest BCUT2D eigenvalue weighted by molar-refractivity contribution is -0.127. The molecule has 104 valence electrons. The van der Waals surface area contributed by atoms with E-state index in [0.29, 0.717) is 15.7 Å². The highest BCUT2D eigenvalue weighted by molar-refractivity contribution is 6.39. The van der Waals surface area contributed by atoms with E-state index in [1.807, 2.05) is 13.8 Å². The fraction of sp³-hybridized carbons (Fsp3) is 0.385. The molecule has 1 aromatic rings. The number of hydrogen-bond donors (Lipinski definition) is 2. The van der Waals surface area contributed by atoms with Crippen molar-refractivity contribution in [1.82, 2.24) is 5.32 Å². The van der Waals surface area contributed by atoms with Crippen LogP contribution in [0, 0.1) is 0 Å². The molecular formula is C13H16Cl2N2O2. The summed E-state index contributed by atoms with van der Waals surface area (Å²) in [5.41, 5.74) is 0.326. The molecule has 0 aromatic heterocycles. The van der Waals surface area contributed by atoms with E-state index >= 15 is 0 Å². The maximum Gasteiger partial charge on any atom is 0.233 e. The smallest absolute Gasteiger partial charge is 0.233 e. The predicted molar refractivity (Wildman–Crippen MR) is 77.6 cm³/mol. The van der Waals surface area contributed by atoms with Gasteiger partial charge in [0, 0.05) is 6.04 Å². The second-order valence-corrected chi connectivity index (χ2v) is 5.01. The average molecular weight is 303 g/mol. The van der Waals surface area contributed by atoms with Gasteiger partial charge >= 0.3 is 0 Å². The molecule has 0 fully saturated rings. The first-order chi connectivity index (χ1) is 8.93. The van der Waals surface area contributed by atoms with Gasteiger partial charge in [-0.2, -0.15) is 0 Å². The van der Waals surface area contributed by atoms with Crippen molar-refractivity contribution in [2.45, 2.75) is 32.7 Å². The number of anilines is 1. The maximum atomic E-state index is 11.7. The number of carbonyl (C=O) groups is 2. The SMILES string of the molecule is CCC(C)NC(=O)CC(=O)Nc1c(Cl)cccc1Cl. The van der Waals surface area contributed by atoms with Gasteiger partial charge in [0.15, 0.2) is 0 Å². The van der Waals surface area contributed by atoms with Gasteiger partial charge in [-0.1, -0.05) is 36.2 Å². The largest absolute Gasteiger partial charge is 0.353 e. The molecule has 2 amide bonds. The summed E-state index contributed by atoms with van der Waals surface area (Å²) < 4.78 is 0. The van der Waals surface area contributed by atoms with E-state index in [2.05, 4.69) is 10.6 Å². The van der Waals surface area contributed by atoms with Gasteiger partial charge in [0.05, 0.1) is 15.7 Å². The zero-order chi connectivity index (χ0) is 14.4. The quantitative estimate of drug-likeness (QED) is 0.820. The van der Waals surface area contributed by atoms with E-state index in [1.165, 1.54) is 0 Å². The van der Waals surface area contributed by atoms with Gasteiger partial charge in [0.1, 0.15) is 6.42 Å². The van der Waals surface area contributed by atoms with Crippen LogP contribution in [0.5, 0.6) is 0 Å². The highest BCUT2D eigenvalue weighted by atomic mass is 35.5. The van der Waals surface area contributed by atoms with Crippen LogP contribution in [0.15, 0.2) is 18.2 Å². The van der Waals surface area contributed by atoms with E-state index < -0.39 is 5.91 Å². The van der Waals surface area contributed by atoms with Gasteiger partial charge in [-0.25, -0.2) is 0 Å². The Bertz CT molecular complexity index is 457. The maximum absolute atomic E-state index is 11.7. The molecule has 1 rings (SSSR count). The Morgan fingerprint density at radius 2 is 1.79 bits per heavy atom. The molecule has 0 aliphatic carbocycles. The number of nitrogens with one attached hydrogen (secondary N) is 2. The number of amides is 2. The number of rotatable bonds is 5. The normalized spacial score (nSPS) is 11.8. The van der Waals surface area contributed by atoms with Gasteiger partial charge in [0.2, 0.25) is 11.8 Å². The van der Waals surface area contributed by atoms with Gasteiger partial charge in [-0.3, -0.25) is 9.59 Å². The summed E-state index contributed by atoms with van der Waals surface area (Å²) in [6.45, 7) is 3.83.